The van der Waals surface area contributed by atoms with Crippen LogP contribution in [0.5, 0.6) is 0 Å². The van der Waals surface area contributed by atoms with Gasteiger partial charge in [0.15, 0.2) is 0 Å². The maximum absolute atomic E-state index is 15.2. The van der Waals surface area contributed by atoms with Gasteiger partial charge in [-0.15, -0.1) is 0 Å². The molecule has 1 saturated carbocycles. The molecule has 1 N–H and O–H groups in total. The number of nitrogens with zero attached hydrogens (tertiary/aromatic N) is 4. The van der Waals surface area contributed by atoms with E-state index in [2.05, 4.69) is 21.2 Å². The third kappa shape index (κ3) is 6.52. The van der Waals surface area contributed by atoms with Crippen LogP contribution in [0, 0.1) is 23.1 Å². The molecule has 3 heterocycles. The van der Waals surface area contributed by atoms with Crippen molar-refractivity contribution in [2.24, 2.45) is 5.92 Å². The van der Waals surface area contributed by atoms with E-state index in [1.165, 1.54) is 6.07 Å². The number of nitrogens with one attached hydrogen (secondary N) is 1. The van der Waals surface area contributed by atoms with Gasteiger partial charge in [-0.3, -0.25) is 14.6 Å². The van der Waals surface area contributed by atoms with Gasteiger partial charge in [0.1, 0.15) is 23.5 Å². The molecule has 5 atom stereocenters. The zero-order chi connectivity index (χ0) is 28.4. The number of carbonyl (C=O) groups is 2. The van der Waals surface area contributed by atoms with Crippen LogP contribution in [0.2, 0.25) is 0 Å². The van der Waals surface area contributed by atoms with Crippen molar-refractivity contribution < 1.29 is 23.5 Å². The molecule has 10 heteroatoms. The number of ether oxygens (including phenoxy) is 2. The van der Waals surface area contributed by atoms with Crippen molar-refractivity contribution in [3.8, 4) is 6.07 Å². The highest BCUT2D eigenvalue weighted by molar-refractivity contribution is 5.87. The minimum Gasteiger partial charge on any atom is -0.444 e. The lowest BCUT2D eigenvalue weighted by Gasteiger charge is -2.37. The first kappa shape index (κ1) is 28.6. The highest BCUT2D eigenvalue weighted by Gasteiger charge is 2.52. The van der Waals surface area contributed by atoms with Gasteiger partial charge in [0, 0.05) is 57.5 Å². The predicted molar refractivity (Wildman–Crippen MR) is 148 cm³/mol. The van der Waals surface area contributed by atoms with Gasteiger partial charge in [0.05, 0.1) is 12.2 Å². The number of fused-ring (bicyclic) bond motifs is 2. The number of halogens is 1. The summed E-state index contributed by atoms with van der Waals surface area (Å²) in [5.41, 5.74) is 0.534. The van der Waals surface area contributed by atoms with Crippen LogP contribution in [0.15, 0.2) is 18.2 Å². The average Bonchev–Trinajstić information content (AvgIpc) is 3.67. The molecule has 1 aromatic rings. The molecule has 5 unspecified atom stereocenters. The fourth-order valence-electron chi connectivity index (χ4n) is 6.67. The molecule has 0 radical (unpaired) electrons. The Kier molecular flexibility index (Phi) is 8.52. The van der Waals surface area contributed by atoms with Gasteiger partial charge >= 0.3 is 6.09 Å². The second-order valence-corrected chi connectivity index (χ2v) is 12.7. The molecule has 0 aromatic heterocycles. The van der Waals surface area contributed by atoms with Crippen LogP contribution >= 0.6 is 0 Å². The minimum absolute atomic E-state index is 0.0287. The van der Waals surface area contributed by atoms with Gasteiger partial charge in [0.2, 0.25) is 5.91 Å². The van der Waals surface area contributed by atoms with Gasteiger partial charge in [0.25, 0.3) is 0 Å². The topological polar surface area (TPSA) is 98.1 Å². The lowest BCUT2D eigenvalue weighted by Crippen LogP contribution is -2.55. The summed E-state index contributed by atoms with van der Waals surface area (Å²) in [4.78, 5) is 32.4. The summed E-state index contributed by atoms with van der Waals surface area (Å²) in [6.07, 6.45) is 4.61. The number of anilines is 1. The summed E-state index contributed by atoms with van der Waals surface area (Å²) < 4.78 is 26.5. The predicted octanol–water partition coefficient (Wildman–Crippen LogP) is 3.47. The molecule has 218 valence electrons. The minimum atomic E-state index is -0.909. The normalized spacial score (nSPS) is 27.5. The number of rotatable bonds is 7. The number of piperidine rings is 1. The van der Waals surface area contributed by atoms with Crippen molar-refractivity contribution in [2.75, 3.05) is 44.2 Å². The van der Waals surface area contributed by atoms with Crippen molar-refractivity contribution >= 4 is 17.7 Å². The van der Waals surface area contributed by atoms with Crippen LogP contribution in [-0.2, 0) is 20.7 Å². The summed E-state index contributed by atoms with van der Waals surface area (Å²) in [5, 5.41) is 12.6. The average molecular weight is 556 g/mol. The number of hydrogen-bond donors (Lipinski definition) is 1. The van der Waals surface area contributed by atoms with E-state index in [1.807, 2.05) is 6.07 Å². The number of piperazine rings is 1. The first-order chi connectivity index (χ1) is 19.1. The van der Waals surface area contributed by atoms with E-state index >= 15 is 4.39 Å². The number of hydrogen-bond acceptors (Lipinski definition) is 7. The van der Waals surface area contributed by atoms with Gasteiger partial charge in [-0.2, -0.15) is 5.26 Å². The standard InChI is InChI=1S/C30H42FN5O4/c1-30(2,3)40-29(38)36-24-9-7-21(16-24)27(36)28(37)33-22(18-32)15-20-6-8-23(17-26(20)31)35-12-10-34(11-13-35)19-25-5-4-14-39-25/h6,8,17,21-22,24-25,27H,4-5,7,9-16,19H2,1-3H3,(H,33,37). The molecule has 2 amide bonds. The van der Waals surface area contributed by atoms with Crippen molar-refractivity contribution in [1.82, 2.24) is 15.1 Å². The van der Waals surface area contributed by atoms with E-state index in [0.717, 1.165) is 77.1 Å². The Morgan fingerprint density at radius 3 is 2.62 bits per heavy atom. The van der Waals surface area contributed by atoms with Crippen LogP contribution < -0.4 is 10.2 Å². The van der Waals surface area contributed by atoms with E-state index in [0.29, 0.717) is 11.7 Å². The second kappa shape index (κ2) is 11.9. The van der Waals surface area contributed by atoms with Gasteiger partial charge < -0.3 is 19.7 Å². The Morgan fingerprint density at radius 1 is 1.20 bits per heavy atom. The van der Waals surface area contributed by atoms with Crippen LogP contribution in [0.1, 0.15) is 58.4 Å². The van der Waals surface area contributed by atoms with Gasteiger partial charge in [-0.1, -0.05) is 6.07 Å². The van der Waals surface area contributed by atoms with Crippen LogP contribution in [0.3, 0.4) is 0 Å². The highest BCUT2D eigenvalue weighted by Crippen LogP contribution is 2.43. The maximum Gasteiger partial charge on any atom is 0.411 e. The second-order valence-electron chi connectivity index (χ2n) is 12.7. The Labute approximate surface area is 236 Å². The van der Waals surface area contributed by atoms with Gasteiger partial charge in [-0.25, -0.2) is 9.18 Å². The fraction of sp³-hybridized carbons (Fsp3) is 0.700. The van der Waals surface area contributed by atoms with Crippen LogP contribution in [0.25, 0.3) is 0 Å². The smallest absolute Gasteiger partial charge is 0.411 e. The fourth-order valence-corrected chi connectivity index (χ4v) is 6.67. The Bertz CT molecular complexity index is 1120. The summed E-state index contributed by atoms with van der Waals surface area (Å²) >= 11 is 0. The molecule has 3 saturated heterocycles. The zero-order valence-electron chi connectivity index (χ0n) is 23.9. The number of nitriles is 1. The molecule has 4 aliphatic rings. The lowest BCUT2D eigenvalue weighted by molar-refractivity contribution is -0.128. The molecule has 5 rings (SSSR count). The van der Waals surface area contributed by atoms with Crippen LogP contribution in [-0.4, -0.2) is 91.0 Å². The summed E-state index contributed by atoms with van der Waals surface area (Å²) in [7, 11) is 0. The molecular weight excluding hydrogens is 513 g/mol. The molecule has 40 heavy (non-hydrogen) atoms. The van der Waals surface area contributed by atoms with E-state index in [-0.39, 0.29) is 30.1 Å². The Hall–Kier alpha value is -2.90. The summed E-state index contributed by atoms with van der Waals surface area (Å²) in [6, 6.07) is 5.64. The molecule has 2 bridgehead atoms. The zero-order valence-corrected chi connectivity index (χ0v) is 23.9. The molecule has 9 nitrogen and oxygen atoms in total. The number of carbonyl (C=O) groups excluding carboxylic acids is 2. The van der Waals surface area contributed by atoms with Crippen molar-refractivity contribution in [2.45, 2.75) is 89.1 Å². The van der Waals surface area contributed by atoms with Crippen molar-refractivity contribution in [3.63, 3.8) is 0 Å². The van der Waals surface area contributed by atoms with E-state index in [9.17, 15) is 14.9 Å². The first-order valence-electron chi connectivity index (χ1n) is 14.7. The van der Waals surface area contributed by atoms with E-state index in [4.69, 9.17) is 9.47 Å². The van der Waals surface area contributed by atoms with E-state index < -0.39 is 23.8 Å². The van der Waals surface area contributed by atoms with Crippen molar-refractivity contribution in [1.29, 1.82) is 5.26 Å². The SMILES string of the molecule is CC(C)(C)OC(=O)N1C2CCC(C2)C1C(=O)NC(C#N)Cc1ccc(N2CCN(CC3CCCO3)CC2)cc1F. The first-order valence-corrected chi connectivity index (χ1v) is 14.7. The molecule has 1 aliphatic carbocycles. The van der Waals surface area contributed by atoms with Gasteiger partial charge in [-0.05, 0) is 76.5 Å². The third-order valence-corrected chi connectivity index (χ3v) is 8.61. The monoisotopic (exact) mass is 555 g/mol. The largest absolute Gasteiger partial charge is 0.444 e. The molecular formula is C30H42FN5O4. The molecule has 4 fully saturated rings. The third-order valence-electron chi connectivity index (χ3n) is 8.61. The lowest BCUT2D eigenvalue weighted by atomic mass is 9.97. The Morgan fingerprint density at radius 2 is 1.98 bits per heavy atom. The number of likely N-dealkylation sites (tertiary alicyclic amines) is 1. The maximum atomic E-state index is 15.2. The molecule has 0 spiro atoms. The quantitative estimate of drug-likeness (QED) is 0.550. The van der Waals surface area contributed by atoms with Crippen LogP contribution in [0.4, 0.5) is 14.9 Å². The van der Waals surface area contributed by atoms with Crippen molar-refractivity contribution in [3.05, 3.63) is 29.6 Å². The summed E-state index contributed by atoms with van der Waals surface area (Å²) in [5.74, 6) is -0.717. The number of benzene rings is 1. The molecule has 1 aromatic carbocycles. The molecule has 3 aliphatic heterocycles. The van der Waals surface area contributed by atoms with E-state index in [1.54, 1.807) is 31.7 Å². The number of amides is 2. The Balaban J connectivity index is 1.17. The summed E-state index contributed by atoms with van der Waals surface area (Å²) in [6.45, 7) is 10.7. The highest BCUT2D eigenvalue weighted by atomic mass is 19.1.